The molecule has 0 atom stereocenters. The highest BCUT2D eigenvalue weighted by Crippen LogP contribution is 2.47. The van der Waals surface area contributed by atoms with Crippen molar-refractivity contribution in [3.05, 3.63) is 188 Å². The van der Waals surface area contributed by atoms with Crippen molar-refractivity contribution in [1.29, 1.82) is 0 Å². The van der Waals surface area contributed by atoms with Crippen molar-refractivity contribution in [2.45, 2.75) is 0 Å². The zero-order chi connectivity index (χ0) is 36.3. The number of benzene rings is 8. The molecule has 3 heterocycles. The number of hydrogen-bond acceptors (Lipinski definition) is 4. The van der Waals surface area contributed by atoms with Crippen LogP contribution >= 0.6 is 11.3 Å². The largest absolute Gasteiger partial charge is 0.247 e. The first-order valence-electron chi connectivity index (χ1n) is 18.5. The van der Waals surface area contributed by atoms with Gasteiger partial charge in [0.05, 0.1) is 22.6 Å². The van der Waals surface area contributed by atoms with Gasteiger partial charge in [0.2, 0.25) is 0 Å². The van der Waals surface area contributed by atoms with Crippen molar-refractivity contribution in [2.24, 2.45) is 0 Å². The average molecular weight is 718 g/mol. The third-order valence-corrected chi connectivity index (χ3v) is 11.9. The van der Waals surface area contributed by atoms with Gasteiger partial charge in [-0.3, -0.25) is 0 Å². The van der Waals surface area contributed by atoms with Gasteiger partial charge in [0.1, 0.15) is 0 Å². The van der Waals surface area contributed by atoms with Crippen LogP contribution in [0.15, 0.2) is 188 Å². The quantitative estimate of drug-likeness (QED) is 0.166. The number of nitrogens with zero attached hydrogens (tertiary/aromatic N) is 3. The summed E-state index contributed by atoms with van der Waals surface area (Å²) in [5.74, 6) is 0.692. The number of thiophene rings is 1. The van der Waals surface area contributed by atoms with E-state index < -0.39 is 0 Å². The summed E-state index contributed by atoms with van der Waals surface area (Å²) in [6, 6.07) is 66.5. The van der Waals surface area contributed by atoms with Crippen molar-refractivity contribution in [3.8, 4) is 56.3 Å². The SMILES string of the molecule is c1ccc(-c2ccc(-c3cc(-c4cccc5nc(-c6cc7ccccc7c7ccccc67)c6c7ccccc7sc6c45)nc(-c4ccccc4)n3)cc2)cc1. The molecule has 0 N–H and O–H groups in total. The Morgan fingerprint density at radius 1 is 0.364 bits per heavy atom. The molecule has 3 nitrogen and oxygen atoms in total. The van der Waals surface area contributed by atoms with Gasteiger partial charge in [-0.1, -0.05) is 164 Å². The van der Waals surface area contributed by atoms with Crippen LogP contribution in [0.4, 0.5) is 0 Å². The fourth-order valence-electron chi connectivity index (χ4n) is 8.08. The average Bonchev–Trinajstić information content (AvgIpc) is 3.66. The first kappa shape index (κ1) is 31.5. The van der Waals surface area contributed by atoms with Crippen LogP contribution in [-0.4, -0.2) is 15.0 Å². The summed E-state index contributed by atoms with van der Waals surface area (Å²) in [6.07, 6.45) is 0. The Bertz CT molecular complexity index is 3240. The Kier molecular flexibility index (Phi) is 7.35. The van der Waals surface area contributed by atoms with E-state index in [4.69, 9.17) is 15.0 Å². The minimum atomic E-state index is 0.692. The number of rotatable bonds is 5. The molecular formula is C51H31N3S. The third kappa shape index (κ3) is 5.30. The maximum atomic E-state index is 5.60. The fourth-order valence-corrected chi connectivity index (χ4v) is 9.35. The van der Waals surface area contributed by atoms with Crippen LogP contribution in [0.5, 0.6) is 0 Å². The van der Waals surface area contributed by atoms with Crippen LogP contribution in [0.1, 0.15) is 0 Å². The molecule has 0 aliphatic rings. The van der Waals surface area contributed by atoms with Gasteiger partial charge in [-0.25, -0.2) is 15.0 Å². The molecule has 8 aromatic carbocycles. The molecule has 4 heteroatoms. The number of aromatic nitrogens is 3. The molecule has 0 saturated heterocycles. The molecule has 3 aromatic heterocycles. The van der Waals surface area contributed by atoms with Gasteiger partial charge in [-0.05, 0) is 56.9 Å². The molecule has 0 radical (unpaired) electrons. The molecule has 11 rings (SSSR count). The van der Waals surface area contributed by atoms with Crippen LogP contribution in [0, 0.1) is 0 Å². The lowest BCUT2D eigenvalue weighted by Gasteiger charge is -2.15. The second kappa shape index (κ2) is 12.8. The lowest BCUT2D eigenvalue weighted by atomic mass is 9.92. The topological polar surface area (TPSA) is 38.7 Å². The predicted molar refractivity (Wildman–Crippen MR) is 232 cm³/mol. The summed E-state index contributed by atoms with van der Waals surface area (Å²) in [7, 11) is 0. The first-order valence-corrected chi connectivity index (χ1v) is 19.3. The first-order chi connectivity index (χ1) is 27.3. The Hall–Kier alpha value is -7.01. The van der Waals surface area contributed by atoms with Crippen LogP contribution in [0.25, 0.3) is 109 Å². The van der Waals surface area contributed by atoms with Gasteiger partial charge < -0.3 is 0 Å². The van der Waals surface area contributed by atoms with Gasteiger partial charge in [0, 0.05) is 47.8 Å². The molecule has 0 amide bonds. The minimum Gasteiger partial charge on any atom is -0.247 e. The van der Waals surface area contributed by atoms with Crippen molar-refractivity contribution in [3.63, 3.8) is 0 Å². The Labute approximate surface area is 321 Å². The van der Waals surface area contributed by atoms with E-state index in [2.05, 4.69) is 164 Å². The lowest BCUT2D eigenvalue weighted by Crippen LogP contribution is -1.97. The van der Waals surface area contributed by atoms with E-state index in [1.54, 1.807) is 0 Å². The van der Waals surface area contributed by atoms with E-state index >= 15 is 0 Å². The molecular weight excluding hydrogens is 687 g/mol. The number of pyridine rings is 1. The number of fused-ring (bicyclic) bond motifs is 8. The highest BCUT2D eigenvalue weighted by molar-refractivity contribution is 7.26. The van der Waals surface area contributed by atoms with Gasteiger partial charge in [0.25, 0.3) is 0 Å². The Morgan fingerprint density at radius 3 is 1.78 bits per heavy atom. The molecule has 0 unspecified atom stereocenters. The summed E-state index contributed by atoms with van der Waals surface area (Å²) in [6.45, 7) is 0. The van der Waals surface area contributed by atoms with Crippen LogP contribution in [0.2, 0.25) is 0 Å². The second-order valence-electron chi connectivity index (χ2n) is 13.9. The van der Waals surface area contributed by atoms with E-state index in [-0.39, 0.29) is 0 Å². The highest BCUT2D eigenvalue weighted by atomic mass is 32.1. The Morgan fingerprint density at radius 2 is 0.982 bits per heavy atom. The summed E-state index contributed by atoms with van der Waals surface area (Å²) in [5.41, 5.74) is 10.2. The maximum absolute atomic E-state index is 5.60. The van der Waals surface area contributed by atoms with Crippen molar-refractivity contribution < 1.29 is 0 Å². The lowest BCUT2D eigenvalue weighted by molar-refractivity contribution is 1.18. The third-order valence-electron chi connectivity index (χ3n) is 10.7. The zero-order valence-electron chi connectivity index (χ0n) is 29.6. The highest BCUT2D eigenvalue weighted by Gasteiger charge is 2.22. The minimum absolute atomic E-state index is 0.692. The van der Waals surface area contributed by atoms with Gasteiger partial charge in [0.15, 0.2) is 5.82 Å². The van der Waals surface area contributed by atoms with E-state index in [1.165, 1.54) is 52.8 Å². The smallest absolute Gasteiger partial charge is 0.160 e. The molecule has 0 saturated carbocycles. The fraction of sp³-hybridized carbons (Fsp3) is 0. The van der Waals surface area contributed by atoms with Crippen LogP contribution in [0.3, 0.4) is 0 Å². The van der Waals surface area contributed by atoms with E-state index in [9.17, 15) is 0 Å². The van der Waals surface area contributed by atoms with E-state index in [0.29, 0.717) is 5.82 Å². The molecule has 11 aromatic rings. The van der Waals surface area contributed by atoms with E-state index in [0.717, 1.165) is 50.2 Å². The molecule has 256 valence electrons. The van der Waals surface area contributed by atoms with Crippen LogP contribution in [-0.2, 0) is 0 Å². The summed E-state index contributed by atoms with van der Waals surface area (Å²) < 4.78 is 2.45. The van der Waals surface area contributed by atoms with Gasteiger partial charge in [-0.15, -0.1) is 11.3 Å². The molecule has 0 spiro atoms. The normalized spacial score (nSPS) is 11.6. The molecule has 0 aliphatic heterocycles. The number of hydrogen-bond donors (Lipinski definition) is 0. The second-order valence-corrected chi connectivity index (χ2v) is 15.0. The maximum Gasteiger partial charge on any atom is 0.160 e. The van der Waals surface area contributed by atoms with Crippen molar-refractivity contribution in [1.82, 2.24) is 15.0 Å². The summed E-state index contributed by atoms with van der Waals surface area (Å²) in [4.78, 5) is 16.1. The molecule has 55 heavy (non-hydrogen) atoms. The standard InChI is InChI=1S/C51H31N3S/c1-3-14-32(15-4-1)33-26-28-34(29-27-33)44-31-45(54-51(53-44)35-16-5-2-6-17-35)40-23-13-24-43-47(40)50-48(41-22-11-12-25-46(41)55-50)49(52-43)42-30-36-18-7-8-19-37(36)38-20-9-10-21-39(38)42/h1-31H. The van der Waals surface area contributed by atoms with Gasteiger partial charge >= 0.3 is 0 Å². The zero-order valence-corrected chi connectivity index (χ0v) is 30.5. The predicted octanol–water partition coefficient (Wildman–Crippen LogP) is 14.0. The summed E-state index contributed by atoms with van der Waals surface area (Å²) in [5, 5.41) is 8.39. The molecule has 0 aliphatic carbocycles. The monoisotopic (exact) mass is 717 g/mol. The van der Waals surface area contributed by atoms with Crippen LogP contribution < -0.4 is 0 Å². The van der Waals surface area contributed by atoms with Crippen molar-refractivity contribution in [2.75, 3.05) is 0 Å². The molecule has 0 bridgehead atoms. The van der Waals surface area contributed by atoms with Gasteiger partial charge in [-0.2, -0.15) is 0 Å². The van der Waals surface area contributed by atoms with E-state index in [1.807, 2.05) is 35.6 Å². The summed E-state index contributed by atoms with van der Waals surface area (Å²) >= 11 is 1.84. The molecule has 0 fully saturated rings. The Balaban J connectivity index is 1.18. The van der Waals surface area contributed by atoms with Crippen molar-refractivity contribution >= 4 is 64.0 Å².